The Bertz CT molecular complexity index is 920. The van der Waals surface area contributed by atoms with Crippen molar-refractivity contribution in [2.75, 3.05) is 12.4 Å². The Morgan fingerprint density at radius 3 is 2.24 bits per heavy atom. The Labute approximate surface area is 147 Å². The fourth-order valence-electron chi connectivity index (χ4n) is 2.77. The average molecular weight is 329 g/mol. The van der Waals surface area contributed by atoms with Crippen molar-refractivity contribution in [2.24, 2.45) is 0 Å². The first-order valence-electron chi connectivity index (χ1n) is 7.99. The molecule has 2 aromatic carbocycles. The predicted molar refractivity (Wildman–Crippen MR) is 100 cm³/mol. The zero-order valence-corrected chi connectivity index (χ0v) is 14.5. The Morgan fingerprint density at radius 1 is 0.960 bits per heavy atom. The van der Waals surface area contributed by atoms with Crippen LogP contribution in [0.15, 0.2) is 54.7 Å². The molecule has 1 N–H and O–H groups in total. The number of hydrogen-bond donors (Lipinski definition) is 1. The highest BCUT2D eigenvalue weighted by molar-refractivity contribution is 5.71. The van der Waals surface area contributed by atoms with Gasteiger partial charge in [-0.05, 0) is 60.9 Å². The van der Waals surface area contributed by atoms with E-state index in [1.165, 1.54) is 0 Å². The van der Waals surface area contributed by atoms with E-state index < -0.39 is 0 Å². The summed E-state index contributed by atoms with van der Waals surface area (Å²) in [6, 6.07) is 17.9. The van der Waals surface area contributed by atoms with Gasteiger partial charge in [0, 0.05) is 17.4 Å². The lowest BCUT2D eigenvalue weighted by atomic mass is 10.1. The summed E-state index contributed by atoms with van der Waals surface area (Å²) >= 11 is 0. The van der Waals surface area contributed by atoms with E-state index in [-0.39, 0.29) is 0 Å². The SMILES string of the molecule is COc1ccc(-c2cnc(Nc3cc(C)cc(C)c3)c(C#N)c2)cc1. The number of benzene rings is 2. The minimum Gasteiger partial charge on any atom is -0.497 e. The molecule has 0 saturated heterocycles. The largest absolute Gasteiger partial charge is 0.497 e. The van der Waals surface area contributed by atoms with Gasteiger partial charge in [-0.3, -0.25) is 0 Å². The van der Waals surface area contributed by atoms with E-state index >= 15 is 0 Å². The standard InChI is InChI=1S/C21H19N3O/c1-14-8-15(2)10-19(9-14)24-21-17(12-22)11-18(13-23-21)16-4-6-20(25-3)7-5-16/h4-11,13H,1-3H3,(H,23,24). The zero-order valence-electron chi connectivity index (χ0n) is 14.5. The van der Waals surface area contributed by atoms with Crippen molar-refractivity contribution in [3.63, 3.8) is 0 Å². The molecule has 124 valence electrons. The summed E-state index contributed by atoms with van der Waals surface area (Å²) in [5.41, 5.74) is 5.64. The normalized spacial score (nSPS) is 10.2. The highest BCUT2D eigenvalue weighted by Crippen LogP contribution is 2.27. The van der Waals surface area contributed by atoms with Gasteiger partial charge in [-0.25, -0.2) is 4.98 Å². The molecule has 1 aromatic heterocycles. The average Bonchev–Trinajstić information content (AvgIpc) is 2.61. The lowest BCUT2D eigenvalue weighted by Crippen LogP contribution is -1.98. The topological polar surface area (TPSA) is 57.9 Å². The Morgan fingerprint density at radius 2 is 1.64 bits per heavy atom. The van der Waals surface area contributed by atoms with Crippen LogP contribution in [0.2, 0.25) is 0 Å². The van der Waals surface area contributed by atoms with Crippen molar-refractivity contribution in [1.29, 1.82) is 5.26 Å². The van der Waals surface area contributed by atoms with Crippen molar-refractivity contribution >= 4 is 11.5 Å². The fourth-order valence-corrected chi connectivity index (χ4v) is 2.77. The van der Waals surface area contributed by atoms with E-state index in [1.54, 1.807) is 13.3 Å². The van der Waals surface area contributed by atoms with Crippen molar-refractivity contribution in [3.05, 3.63) is 71.4 Å². The lowest BCUT2D eigenvalue weighted by molar-refractivity contribution is 0.415. The van der Waals surface area contributed by atoms with E-state index in [1.807, 2.05) is 56.3 Å². The number of nitrogens with zero attached hydrogens (tertiary/aromatic N) is 2. The van der Waals surface area contributed by atoms with E-state index in [0.717, 1.165) is 33.7 Å². The van der Waals surface area contributed by atoms with Gasteiger partial charge in [-0.2, -0.15) is 5.26 Å². The molecule has 0 atom stereocenters. The zero-order chi connectivity index (χ0) is 17.8. The number of aromatic nitrogens is 1. The molecule has 0 spiro atoms. The van der Waals surface area contributed by atoms with E-state index in [9.17, 15) is 5.26 Å². The van der Waals surface area contributed by atoms with Gasteiger partial charge in [-0.15, -0.1) is 0 Å². The van der Waals surface area contributed by atoms with Crippen LogP contribution in [0.4, 0.5) is 11.5 Å². The van der Waals surface area contributed by atoms with Crippen molar-refractivity contribution in [2.45, 2.75) is 13.8 Å². The van der Waals surface area contributed by atoms with Crippen LogP contribution < -0.4 is 10.1 Å². The first-order chi connectivity index (χ1) is 12.1. The number of anilines is 2. The molecule has 0 saturated carbocycles. The third kappa shape index (κ3) is 3.78. The molecule has 4 heteroatoms. The highest BCUT2D eigenvalue weighted by atomic mass is 16.5. The van der Waals surface area contributed by atoms with Crippen LogP contribution in [0.3, 0.4) is 0 Å². The summed E-state index contributed by atoms with van der Waals surface area (Å²) in [5.74, 6) is 1.36. The number of nitrogens with one attached hydrogen (secondary N) is 1. The van der Waals surface area contributed by atoms with Crippen LogP contribution in [-0.4, -0.2) is 12.1 Å². The van der Waals surface area contributed by atoms with E-state index in [2.05, 4.69) is 22.4 Å². The second-order valence-electron chi connectivity index (χ2n) is 5.96. The molecular formula is C21H19N3O. The summed E-state index contributed by atoms with van der Waals surface area (Å²) in [6.45, 7) is 4.09. The highest BCUT2D eigenvalue weighted by Gasteiger charge is 2.08. The molecule has 25 heavy (non-hydrogen) atoms. The number of rotatable bonds is 4. The van der Waals surface area contributed by atoms with Crippen LogP contribution in [0.25, 0.3) is 11.1 Å². The molecule has 3 rings (SSSR count). The summed E-state index contributed by atoms with van der Waals surface area (Å²) in [4.78, 5) is 4.46. The molecule has 0 aliphatic heterocycles. The molecular weight excluding hydrogens is 310 g/mol. The second-order valence-corrected chi connectivity index (χ2v) is 5.96. The molecule has 0 unspecified atom stereocenters. The number of methoxy groups -OCH3 is 1. The molecule has 4 nitrogen and oxygen atoms in total. The smallest absolute Gasteiger partial charge is 0.148 e. The van der Waals surface area contributed by atoms with Gasteiger partial charge in [-0.1, -0.05) is 18.2 Å². The van der Waals surface area contributed by atoms with Crippen LogP contribution in [0.1, 0.15) is 16.7 Å². The van der Waals surface area contributed by atoms with Crippen LogP contribution >= 0.6 is 0 Å². The summed E-state index contributed by atoms with van der Waals surface area (Å²) in [7, 11) is 1.64. The number of hydrogen-bond acceptors (Lipinski definition) is 4. The summed E-state index contributed by atoms with van der Waals surface area (Å²) < 4.78 is 5.18. The molecule has 1 heterocycles. The third-order valence-corrected chi connectivity index (χ3v) is 3.92. The summed E-state index contributed by atoms with van der Waals surface area (Å²) in [6.07, 6.45) is 1.77. The molecule has 0 amide bonds. The fraction of sp³-hybridized carbons (Fsp3) is 0.143. The monoisotopic (exact) mass is 329 g/mol. The van der Waals surface area contributed by atoms with E-state index in [4.69, 9.17) is 4.74 Å². The second kappa shape index (κ2) is 7.06. The maximum atomic E-state index is 9.51. The van der Waals surface area contributed by atoms with Crippen LogP contribution in [0.5, 0.6) is 5.75 Å². The first kappa shape index (κ1) is 16.5. The molecule has 0 aliphatic rings. The van der Waals surface area contributed by atoms with Crippen molar-refractivity contribution in [3.8, 4) is 22.9 Å². The van der Waals surface area contributed by atoms with Gasteiger partial charge in [0.2, 0.25) is 0 Å². The minimum absolute atomic E-state index is 0.507. The molecule has 0 radical (unpaired) electrons. The van der Waals surface area contributed by atoms with Crippen LogP contribution in [-0.2, 0) is 0 Å². The van der Waals surface area contributed by atoms with Gasteiger partial charge in [0.25, 0.3) is 0 Å². The molecule has 0 bridgehead atoms. The number of aryl methyl sites for hydroxylation is 2. The quantitative estimate of drug-likeness (QED) is 0.732. The van der Waals surface area contributed by atoms with E-state index in [0.29, 0.717) is 11.4 Å². The first-order valence-corrected chi connectivity index (χ1v) is 7.99. The third-order valence-electron chi connectivity index (χ3n) is 3.92. The van der Waals surface area contributed by atoms with Gasteiger partial charge in [0.1, 0.15) is 17.6 Å². The Hall–Kier alpha value is -3.32. The number of pyridine rings is 1. The molecule has 0 fully saturated rings. The Kier molecular flexibility index (Phi) is 4.67. The maximum Gasteiger partial charge on any atom is 0.148 e. The predicted octanol–water partition coefficient (Wildman–Crippen LogP) is 4.99. The maximum absolute atomic E-state index is 9.51. The van der Waals surface area contributed by atoms with Crippen molar-refractivity contribution < 1.29 is 4.74 Å². The minimum atomic E-state index is 0.507. The van der Waals surface area contributed by atoms with Gasteiger partial charge in [0.15, 0.2) is 0 Å². The van der Waals surface area contributed by atoms with Gasteiger partial charge < -0.3 is 10.1 Å². The van der Waals surface area contributed by atoms with Crippen molar-refractivity contribution in [1.82, 2.24) is 4.98 Å². The van der Waals surface area contributed by atoms with Gasteiger partial charge in [0.05, 0.1) is 12.7 Å². The molecule has 3 aromatic rings. The number of nitriles is 1. The summed E-state index contributed by atoms with van der Waals surface area (Å²) in [5, 5.41) is 12.8. The molecule has 0 aliphatic carbocycles. The van der Waals surface area contributed by atoms with Crippen LogP contribution in [0, 0.1) is 25.2 Å². The van der Waals surface area contributed by atoms with Gasteiger partial charge >= 0.3 is 0 Å². The Balaban J connectivity index is 1.92. The number of ether oxygens (including phenoxy) is 1. The lowest BCUT2D eigenvalue weighted by Gasteiger charge is -2.11.